The van der Waals surface area contributed by atoms with Crippen LogP contribution in [0.3, 0.4) is 0 Å². The van der Waals surface area contributed by atoms with Gasteiger partial charge in [0.15, 0.2) is 0 Å². The van der Waals surface area contributed by atoms with Crippen molar-refractivity contribution in [2.45, 2.75) is 12.8 Å². The molecule has 0 bridgehead atoms. The van der Waals surface area contributed by atoms with Gasteiger partial charge in [-0.15, -0.1) is 0 Å². The molecule has 4 heteroatoms. The van der Waals surface area contributed by atoms with E-state index in [1.165, 1.54) is 12.1 Å². The highest BCUT2D eigenvalue weighted by Crippen LogP contribution is 2.28. The summed E-state index contributed by atoms with van der Waals surface area (Å²) in [5.74, 6) is -0.486. The van der Waals surface area contributed by atoms with Gasteiger partial charge in [-0.05, 0) is 36.8 Å². The summed E-state index contributed by atoms with van der Waals surface area (Å²) in [6, 6.07) is 10.5. The third kappa shape index (κ3) is 1.93. The van der Waals surface area contributed by atoms with Gasteiger partial charge in [-0.2, -0.15) is 0 Å². The maximum atomic E-state index is 13.3. The van der Waals surface area contributed by atoms with E-state index in [2.05, 4.69) is 10.3 Å². The van der Waals surface area contributed by atoms with Gasteiger partial charge in [-0.3, -0.25) is 4.79 Å². The lowest BCUT2D eigenvalue weighted by molar-refractivity contribution is -0.121. The number of aromatic nitrogens is 1. The highest BCUT2D eigenvalue weighted by molar-refractivity contribution is 6.07. The van der Waals surface area contributed by atoms with E-state index in [1.54, 1.807) is 13.1 Å². The van der Waals surface area contributed by atoms with Crippen molar-refractivity contribution >= 4 is 27.7 Å². The van der Waals surface area contributed by atoms with E-state index in [0.717, 1.165) is 27.4 Å². The van der Waals surface area contributed by atoms with Gasteiger partial charge in [0.25, 0.3) is 0 Å². The normalized spacial score (nSPS) is 12.8. The van der Waals surface area contributed by atoms with Gasteiger partial charge in [-0.25, -0.2) is 4.39 Å². The van der Waals surface area contributed by atoms with Crippen LogP contribution in [0.25, 0.3) is 21.8 Å². The van der Waals surface area contributed by atoms with Crippen LogP contribution in [0, 0.1) is 5.82 Å². The molecule has 0 radical (unpaired) electrons. The molecule has 2 N–H and O–H groups in total. The zero-order chi connectivity index (χ0) is 14.3. The molecule has 3 nitrogen and oxygen atoms in total. The van der Waals surface area contributed by atoms with Crippen LogP contribution >= 0.6 is 0 Å². The summed E-state index contributed by atoms with van der Waals surface area (Å²) in [6.45, 7) is 1.86. The van der Waals surface area contributed by atoms with Crippen LogP contribution in [-0.2, 0) is 4.79 Å². The number of H-pyrrole nitrogens is 1. The Hall–Kier alpha value is -2.36. The Kier molecular flexibility index (Phi) is 2.93. The number of nitrogens with one attached hydrogen (secondary N) is 2. The lowest BCUT2D eigenvalue weighted by Gasteiger charge is -2.10. The minimum Gasteiger partial charge on any atom is -0.359 e. The molecule has 1 heterocycles. The van der Waals surface area contributed by atoms with Crippen molar-refractivity contribution in [3.8, 4) is 0 Å². The topological polar surface area (TPSA) is 44.9 Å². The second kappa shape index (κ2) is 4.63. The fourth-order valence-electron chi connectivity index (χ4n) is 2.53. The smallest absolute Gasteiger partial charge is 0.227 e. The number of amides is 1. The maximum Gasteiger partial charge on any atom is 0.227 e. The third-order valence-electron chi connectivity index (χ3n) is 3.72. The Morgan fingerprint density at radius 1 is 1.15 bits per heavy atom. The minimum atomic E-state index is -0.249. The highest BCUT2D eigenvalue weighted by Gasteiger charge is 2.15. The monoisotopic (exact) mass is 270 g/mol. The van der Waals surface area contributed by atoms with E-state index in [4.69, 9.17) is 0 Å². The van der Waals surface area contributed by atoms with Crippen molar-refractivity contribution < 1.29 is 9.18 Å². The fourth-order valence-corrected chi connectivity index (χ4v) is 2.53. The molecule has 20 heavy (non-hydrogen) atoms. The molecule has 0 aliphatic heterocycles. The SMILES string of the molecule is CNC(=O)C(C)c1ccc2c(c1)[nH]c1ccc(F)cc12. The van der Waals surface area contributed by atoms with E-state index in [-0.39, 0.29) is 17.6 Å². The van der Waals surface area contributed by atoms with Crippen LogP contribution in [0.15, 0.2) is 36.4 Å². The number of carbonyl (C=O) groups excluding carboxylic acids is 1. The predicted molar refractivity (Wildman–Crippen MR) is 78.2 cm³/mol. The van der Waals surface area contributed by atoms with E-state index >= 15 is 0 Å². The van der Waals surface area contributed by atoms with Crippen LogP contribution in [0.2, 0.25) is 0 Å². The predicted octanol–water partition coefficient (Wildman–Crippen LogP) is 3.31. The van der Waals surface area contributed by atoms with Crippen molar-refractivity contribution in [3.63, 3.8) is 0 Å². The number of rotatable bonds is 2. The minimum absolute atomic E-state index is 0.0218. The number of aromatic amines is 1. The number of benzene rings is 2. The second-order valence-electron chi connectivity index (χ2n) is 4.96. The molecule has 1 aromatic heterocycles. The molecule has 0 saturated carbocycles. The van der Waals surface area contributed by atoms with E-state index in [1.807, 2.05) is 25.1 Å². The zero-order valence-corrected chi connectivity index (χ0v) is 11.3. The van der Waals surface area contributed by atoms with Gasteiger partial charge in [0, 0.05) is 28.9 Å². The molecule has 1 unspecified atom stereocenters. The van der Waals surface area contributed by atoms with Crippen molar-refractivity contribution in [3.05, 3.63) is 47.8 Å². The summed E-state index contributed by atoms with van der Waals surface area (Å²) in [7, 11) is 1.63. The molecular weight excluding hydrogens is 255 g/mol. The van der Waals surface area contributed by atoms with Crippen LogP contribution in [0.1, 0.15) is 18.4 Å². The molecule has 1 amide bonds. The van der Waals surface area contributed by atoms with Crippen LogP contribution in [0.4, 0.5) is 4.39 Å². The Balaban J connectivity index is 2.17. The van der Waals surface area contributed by atoms with Crippen molar-refractivity contribution in [1.82, 2.24) is 10.3 Å². The quantitative estimate of drug-likeness (QED) is 0.737. The first kappa shape index (κ1) is 12.7. The number of likely N-dealkylation sites (N-methyl/N-ethyl adjacent to an activating group) is 1. The third-order valence-corrected chi connectivity index (χ3v) is 3.72. The number of hydrogen-bond donors (Lipinski definition) is 2. The molecule has 0 spiro atoms. The first-order valence-electron chi connectivity index (χ1n) is 6.52. The molecule has 3 aromatic rings. The van der Waals surface area contributed by atoms with E-state index < -0.39 is 0 Å². The lowest BCUT2D eigenvalue weighted by atomic mass is 9.99. The first-order chi connectivity index (χ1) is 9.60. The number of hydrogen-bond acceptors (Lipinski definition) is 1. The summed E-state index contributed by atoms with van der Waals surface area (Å²) < 4.78 is 13.3. The van der Waals surface area contributed by atoms with Gasteiger partial charge < -0.3 is 10.3 Å². The van der Waals surface area contributed by atoms with E-state index in [0.29, 0.717) is 0 Å². The Labute approximate surface area is 115 Å². The molecular formula is C16H15FN2O. The molecule has 102 valence electrons. The van der Waals surface area contributed by atoms with Crippen LogP contribution in [0.5, 0.6) is 0 Å². The van der Waals surface area contributed by atoms with Crippen LogP contribution < -0.4 is 5.32 Å². The number of carbonyl (C=O) groups is 1. The molecule has 1 atom stereocenters. The summed E-state index contributed by atoms with van der Waals surface area (Å²) in [6.07, 6.45) is 0. The Morgan fingerprint density at radius 2 is 1.95 bits per heavy atom. The van der Waals surface area contributed by atoms with Gasteiger partial charge >= 0.3 is 0 Å². The summed E-state index contributed by atoms with van der Waals surface area (Å²) in [4.78, 5) is 15.0. The fraction of sp³-hybridized carbons (Fsp3) is 0.188. The van der Waals surface area contributed by atoms with E-state index in [9.17, 15) is 9.18 Å². The first-order valence-corrected chi connectivity index (χ1v) is 6.52. The Bertz CT molecular complexity index is 807. The van der Waals surface area contributed by atoms with Gasteiger partial charge in [-0.1, -0.05) is 12.1 Å². The average molecular weight is 270 g/mol. The molecule has 3 rings (SSSR count). The van der Waals surface area contributed by atoms with Crippen LogP contribution in [-0.4, -0.2) is 17.9 Å². The molecule has 0 aliphatic rings. The van der Waals surface area contributed by atoms with Crippen molar-refractivity contribution in [1.29, 1.82) is 0 Å². The van der Waals surface area contributed by atoms with Crippen molar-refractivity contribution in [2.75, 3.05) is 7.05 Å². The lowest BCUT2D eigenvalue weighted by Crippen LogP contribution is -2.23. The number of fused-ring (bicyclic) bond motifs is 3. The molecule has 0 saturated heterocycles. The standard InChI is InChI=1S/C16H15FN2O/c1-9(16(20)18-2)10-3-5-12-13-8-11(17)4-6-14(13)19-15(12)7-10/h3-9,19H,1-2H3,(H,18,20). The Morgan fingerprint density at radius 3 is 2.70 bits per heavy atom. The summed E-state index contributed by atoms with van der Waals surface area (Å²) >= 11 is 0. The summed E-state index contributed by atoms with van der Waals surface area (Å²) in [5, 5.41) is 4.47. The molecule has 2 aromatic carbocycles. The molecule has 0 fully saturated rings. The second-order valence-corrected chi connectivity index (χ2v) is 4.96. The van der Waals surface area contributed by atoms with Gasteiger partial charge in [0.1, 0.15) is 5.82 Å². The van der Waals surface area contributed by atoms with Gasteiger partial charge in [0.2, 0.25) is 5.91 Å². The summed E-state index contributed by atoms with van der Waals surface area (Å²) in [5.41, 5.74) is 2.74. The van der Waals surface area contributed by atoms with Crippen molar-refractivity contribution in [2.24, 2.45) is 0 Å². The number of halogens is 1. The van der Waals surface area contributed by atoms with Gasteiger partial charge in [0.05, 0.1) is 5.92 Å². The largest absolute Gasteiger partial charge is 0.359 e. The maximum absolute atomic E-state index is 13.3. The highest BCUT2D eigenvalue weighted by atomic mass is 19.1. The average Bonchev–Trinajstić information content (AvgIpc) is 2.82. The molecule has 0 aliphatic carbocycles. The zero-order valence-electron chi connectivity index (χ0n) is 11.3.